The van der Waals surface area contributed by atoms with Crippen LogP contribution in [0.15, 0.2) is 11.3 Å². The molecular formula is C15H23N3O2S. The van der Waals surface area contributed by atoms with E-state index in [4.69, 9.17) is 4.74 Å². The van der Waals surface area contributed by atoms with Crippen LogP contribution in [0.1, 0.15) is 40.0 Å². The number of hydrogen-bond acceptors (Lipinski definition) is 5. The van der Waals surface area contributed by atoms with E-state index in [-0.39, 0.29) is 17.4 Å². The first-order valence-electron chi connectivity index (χ1n) is 7.33. The number of allylic oxidation sites excluding steroid dienone is 1. The molecule has 21 heavy (non-hydrogen) atoms. The highest BCUT2D eigenvalue weighted by Crippen LogP contribution is 2.30. The summed E-state index contributed by atoms with van der Waals surface area (Å²) in [6, 6.07) is 2.28. The van der Waals surface area contributed by atoms with Crippen LogP contribution in [0.2, 0.25) is 0 Å². The minimum atomic E-state index is -0.489. The number of nitrogens with zero attached hydrogens (tertiary/aromatic N) is 2. The van der Waals surface area contributed by atoms with Gasteiger partial charge in [0.1, 0.15) is 5.60 Å². The van der Waals surface area contributed by atoms with Gasteiger partial charge < -0.3 is 15.0 Å². The molecule has 0 radical (unpaired) electrons. The van der Waals surface area contributed by atoms with Crippen LogP contribution in [0.5, 0.6) is 0 Å². The number of thiol groups is 1. The average Bonchev–Trinajstić information content (AvgIpc) is 2.57. The second-order valence-electron chi connectivity index (χ2n) is 6.62. The fourth-order valence-electron chi connectivity index (χ4n) is 2.65. The summed E-state index contributed by atoms with van der Waals surface area (Å²) in [5.41, 5.74) is 1.79. The Labute approximate surface area is 131 Å². The number of nitrogens with one attached hydrogen (secondary N) is 1. The maximum Gasteiger partial charge on any atom is 0.410 e. The predicted octanol–water partition coefficient (Wildman–Crippen LogP) is 2.66. The first kappa shape index (κ1) is 16.0. The van der Waals surface area contributed by atoms with Crippen molar-refractivity contribution in [2.24, 2.45) is 5.92 Å². The largest absolute Gasteiger partial charge is 0.444 e. The first-order chi connectivity index (χ1) is 9.80. The number of nitriles is 1. The lowest BCUT2D eigenvalue weighted by Gasteiger charge is -2.31. The highest BCUT2D eigenvalue weighted by molar-refractivity contribution is 7.80. The van der Waals surface area contributed by atoms with Crippen molar-refractivity contribution in [1.29, 1.82) is 5.26 Å². The second kappa shape index (κ2) is 6.18. The van der Waals surface area contributed by atoms with Crippen LogP contribution >= 0.6 is 12.6 Å². The highest BCUT2D eigenvalue weighted by atomic mass is 32.1. The molecular weight excluding hydrogens is 286 g/mol. The second-order valence-corrected chi connectivity index (χ2v) is 7.17. The normalized spacial score (nSPS) is 26.3. The van der Waals surface area contributed by atoms with Crippen molar-refractivity contribution < 1.29 is 9.53 Å². The van der Waals surface area contributed by atoms with Gasteiger partial charge in [-0.3, -0.25) is 0 Å². The van der Waals surface area contributed by atoms with Crippen LogP contribution in [-0.2, 0) is 4.74 Å². The van der Waals surface area contributed by atoms with E-state index in [0.29, 0.717) is 19.5 Å². The number of carbonyl (C=O) groups is 1. The summed E-state index contributed by atoms with van der Waals surface area (Å²) in [5.74, 6) is -0.161. The molecule has 0 bridgehead atoms. The van der Waals surface area contributed by atoms with Crippen LogP contribution < -0.4 is 5.32 Å². The zero-order chi connectivity index (χ0) is 15.6. The molecule has 2 atom stereocenters. The number of rotatable bonds is 0. The molecule has 0 fully saturated rings. The SMILES string of the molecule is CC(C)(C)OC(=O)N1CCCC2=C(CC(C#N)C(S)N2)C1. The molecule has 2 aliphatic heterocycles. The van der Waals surface area contributed by atoms with Crippen molar-refractivity contribution in [2.45, 2.75) is 51.0 Å². The van der Waals surface area contributed by atoms with Crippen molar-refractivity contribution in [3.05, 3.63) is 11.3 Å². The van der Waals surface area contributed by atoms with Gasteiger partial charge in [0.15, 0.2) is 0 Å². The van der Waals surface area contributed by atoms with E-state index in [1.807, 2.05) is 20.8 Å². The summed E-state index contributed by atoms with van der Waals surface area (Å²) in [6.45, 7) is 6.82. The minimum Gasteiger partial charge on any atom is -0.444 e. The molecule has 5 nitrogen and oxygen atoms in total. The molecule has 2 rings (SSSR count). The summed E-state index contributed by atoms with van der Waals surface area (Å²) in [4.78, 5) is 14.0. The maximum absolute atomic E-state index is 12.2. The van der Waals surface area contributed by atoms with Crippen molar-refractivity contribution in [3.63, 3.8) is 0 Å². The number of carbonyl (C=O) groups excluding carboxylic acids is 1. The summed E-state index contributed by atoms with van der Waals surface area (Å²) < 4.78 is 5.45. The topological polar surface area (TPSA) is 65.4 Å². The van der Waals surface area contributed by atoms with Crippen molar-refractivity contribution in [1.82, 2.24) is 10.2 Å². The van der Waals surface area contributed by atoms with E-state index in [9.17, 15) is 10.1 Å². The Bertz CT molecular complexity index is 490. The molecule has 0 aromatic heterocycles. The molecule has 0 aromatic rings. The molecule has 1 amide bonds. The molecule has 0 aromatic carbocycles. The smallest absolute Gasteiger partial charge is 0.410 e. The average molecular weight is 309 g/mol. The van der Waals surface area contributed by atoms with Crippen molar-refractivity contribution in [3.8, 4) is 6.07 Å². The van der Waals surface area contributed by atoms with E-state index < -0.39 is 5.60 Å². The number of hydrogen-bond donors (Lipinski definition) is 2. The van der Waals surface area contributed by atoms with Gasteiger partial charge in [-0.2, -0.15) is 17.9 Å². The molecule has 0 saturated carbocycles. The molecule has 0 aliphatic carbocycles. The Balaban J connectivity index is 2.10. The van der Waals surface area contributed by atoms with Gasteiger partial charge in [0.05, 0.1) is 17.4 Å². The zero-order valence-corrected chi connectivity index (χ0v) is 13.7. The van der Waals surface area contributed by atoms with Crippen LogP contribution in [0.3, 0.4) is 0 Å². The van der Waals surface area contributed by atoms with Gasteiger partial charge in [0.2, 0.25) is 0 Å². The molecule has 0 saturated heterocycles. The van der Waals surface area contributed by atoms with Gasteiger partial charge in [0, 0.05) is 18.8 Å². The van der Waals surface area contributed by atoms with Crippen molar-refractivity contribution in [2.75, 3.05) is 13.1 Å². The molecule has 1 N–H and O–H groups in total. The zero-order valence-electron chi connectivity index (χ0n) is 12.8. The third-order valence-electron chi connectivity index (χ3n) is 3.65. The molecule has 0 spiro atoms. The summed E-state index contributed by atoms with van der Waals surface area (Å²) in [5, 5.41) is 12.4. The Hall–Kier alpha value is -1.35. The van der Waals surface area contributed by atoms with Crippen LogP contribution in [-0.4, -0.2) is 35.1 Å². The minimum absolute atomic E-state index is 0.123. The monoisotopic (exact) mass is 309 g/mol. The van der Waals surface area contributed by atoms with Gasteiger partial charge in [0.25, 0.3) is 0 Å². The van der Waals surface area contributed by atoms with Gasteiger partial charge in [-0.25, -0.2) is 4.79 Å². The van der Waals surface area contributed by atoms with Crippen LogP contribution in [0, 0.1) is 17.2 Å². The lowest BCUT2D eigenvalue weighted by molar-refractivity contribution is 0.0267. The summed E-state index contributed by atoms with van der Waals surface area (Å²) in [6.07, 6.45) is 2.18. The molecule has 116 valence electrons. The van der Waals surface area contributed by atoms with E-state index in [1.165, 1.54) is 0 Å². The van der Waals surface area contributed by atoms with E-state index in [0.717, 1.165) is 24.1 Å². The van der Waals surface area contributed by atoms with E-state index >= 15 is 0 Å². The maximum atomic E-state index is 12.2. The standard InChI is InChI=1S/C15H23N3O2S/c1-15(2,3)20-14(19)18-6-4-5-12-11(9-18)7-10(8-16)13(21)17-12/h10,13,17,21H,4-7,9H2,1-3H3. The van der Waals surface area contributed by atoms with E-state index in [1.54, 1.807) is 4.90 Å². The molecule has 2 aliphatic rings. The Morgan fingerprint density at radius 3 is 2.86 bits per heavy atom. The number of ether oxygens (including phenoxy) is 1. The highest BCUT2D eigenvalue weighted by Gasteiger charge is 2.31. The molecule has 6 heteroatoms. The third-order valence-corrected chi connectivity index (χ3v) is 4.14. The fraction of sp³-hybridized carbons (Fsp3) is 0.733. The number of amides is 1. The molecule has 2 heterocycles. The lowest BCUT2D eigenvalue weighted by atomic mass is 9.93. The van der Waals surface area contributed by atoms with Crippen LogP contribution in [0.25, 0.3) is 0 Å². The fourth-order valence-corrected chi connectivity index (χ4v) is 2.97. The van der Waals surface area contributed by atoms with Gasteiger partial charge in [-0.05, 0) is 45.6 Å². The Morgan fingerprint density at radius 1 is 1.52 bits per heavy atom. The predicted molar refractivity (Wildman–Crippen MR) is 83.7 cm³/mol. The van der Waals surface area contributed by atoms with Crippen molar-refractivity contribution >= 4 is 18.7 Å². The Kier molecular flexibility index (Phi) is 4.72. The summed E-state index contributed by atoms with van der Waals surface area (Å²) >= 11 is 4.43. The van der Waals surface area contributed by atoms with Gasteiger partial charge >= 0.3 is 6.09 Å². The first-order valence-corrected chi connectivity index (χ1v) is 7.85. The van der Waals surface area contributed by atoms with Gasteiger partial charge in [-0.1, -0.05) is 0 Å². The molecule has 2 unspecified atom stereocenters. The van der Waals surface area contributed by atoms with Crippen LogP contribution in [0.4, 0.5) is 4.79 Å². The lowest BCUT2D eigenvalue weighted by Crippen LogP contribution is -2.40. The van der Waals surface area contributed by atoms with Gasteiger partial charge in [-0.15, -0.1) is 0 Å². The summed E-state index contributed by atoms with van der Waals surface area (Å²) in [7, 11) is 0. The third kappa shape index (κ3) is 4.07. The quantitative estimate of drug-likeness (QED) is 0.675. The van der Waals surface area contributed by atoms with E-state index in [2.05, 4.69) is 24.0 Å². The Morgan fingerprint density at radius 2 is 2.24 bits per heavy atom.